The first-order valence-electron chi connectivity index (χ1n) is 3.91. The van der Waals surface area contributed by atoms with Gasteiger partial charge in [0.15, 0.2) is 4.67 Å². The van der Waals surface area contributed by atoms with Crippen LogP contribution in [0, 0.1) is 0 Å². The molecule has 2 aromatic rings. The fraction of sp³-hybridized carbons (Fsp3) is 0.111. The van der Waals surface area contributed by atoms with Crippen molar-refractivity contribution in [3.05, 3.63) is 42.9 Å². The van der Waals surface area contributed by atoms with Crippen molar-refractivity contribution in [1.29, 1.82) is 0 Å². The highest BCUT2D eigenvalue weighted by molar-refractivity contribution is 9.10. The van der Waals surface area contributed by atoms with Crippen LogP contribution < -0.4 is 0 Å². The highest BCUT2D eigenvalue weighted by atomic mass is 79.9. The number of hydrogen-bond acceptors (Lipinski definition) is 2. The second-order valence-electron chi connectivity index (χ2n) is 2.79. The van der Waals surface area contributed by atoms with Crippen LogP contribution in [0.3, 0.4) is 0 Å². The summed E-state index contributed by atoms with van der Waals surface area (Å²) in [4.78, 5) is -0.0122. The molecule has 0 spiro atoms. The minimum absolute atomic E-state index is 0.0122. The second-order valence-corrected chi connectivity index (χ2v) is 6.71. The Morgan fingerprint density at radius 3 is 2.53 bits per heavy atom. The summed E-state index contributed by atoms with van der Waals surface area (Å²) < 4.78 is 7.23. The molecule has 1 unspecified atom stereocenters. The van der Waals surface area contributed by atoms with Crippen LogP contribution in [0.25, 0.3) is 0 Å². The number of thiophene rings is 1. The van der Waals surface area contributed by atoms with Gasteiger partial charge in [0.1, 0.15) is 0 Å². The van der Waals surface area contributed by atoms with E-state index in [1.54, 1.807) is 6.26 Å². The molecule has 0 fully saturated rings. The van der Waals surface area contributed by atoms with Crippen LogP contribution in [-0.4, -0.2) is 0 Å². The monoisotopic (exact) mass is 388 g/mol. The minimum Gasteiger partial charge on any atom is -0.457 e. The summed E-state index contributed by atoms with van der Waals surface area (Å²) in [6.45, 7) is 0. The molecule has 6 heteroatoms. The first-order chi connectivity index (χ1) is 7.09. The minimum atomic E-state index is -0.0122. The van der Waals surface area contributed by atoms with Crippen molar-refractivity contribution in [1.82, 2.24) is 0 Å². The summed E-state index contributed by atoms with van der Waals surface area (Å²) in [6.07, 6.45) is 1.62. The quantitative estimate of drug-likeness (QED) is 0.582. The summed E-state index contributed by atoms with van der Waals surface area (Å²) >= 11 is 20.2. The topological polar surface area (TPSA) is 13.1 Å². The van der Waals surface area contributed by atoms with Crippen molar-refractivity contribution >= 4 is 66.4 Å². The summed E-state index contributed by atoms with van der Waals surface area (Å²) in [5, 5.41) is 0. The molecule has 2 heterocycles. The van der Waals surface area contributed by atoms with Gasteiger partial charge in [-0.1, -0.05) is 39.1 Å². The molecular weight excluding hydrogens is 387 g/mol. The van der Waals surface area contributed by atoms with Crippen LogP contribution in [0.4, 0.5) is 0 Å². The number of rotatable bonds is 2. The molecule has 0 aliphatic carbocycles. The van der Waals surface area contributed by atoms with E-state index in [1.165, 1.54) is 11.3 Å². The average Bonchev–Trinajstić information content (AvgIpc) is 2.71. The van der Waals surface area contributed by atoms with E-state index in [0.29, 0.717) is 13.3 Å². The van der Waals surface area contributed by atoms with E-state index in [1.807, 2.05) is 12.1 Å². The maximum atomic E-state index is 6.07. The maximum Gasteiger partial charge on any atom is 0.173 e. The van der Waals surface area contributed by atoms with Crippen LogP contribution >= 0.6 is 66.4 Å². The molecule has 0 aromatic carbocycles. The van der Waals surface area contributed by atoms with E-state index in [9.17, 15) is 0 Å². The third-order valence-electron chi connectivity index (χ3n) is 1.88. The molecular formula is C9H4Br2Cl2OS. The predicted molar refractivity (Wildman–Crippen MR) is 71.5 cm³/mol. The van der Waals surface area contributed by atoms with Crippen LogP contribution in [0.1, 0.15) is 16.0 Å². The molecule has 1 atom stereocenters. The largest absolute Gasteiger partial charge is 0.457 e. The van der Waals surface area contributed by atoms with Crippen LogP contribution in [0.2, 0.25) is 8.67 Å². The summed E-state index contributed by atoms with van der Waals surface area (Å²) in [5.74, 6) is 0. The van der Waals surface area contributed by atoms with Gasteiger partial charge >= 0.3 is 0 Å². The Kier molecular flexibility index (Phi) is 3.83. The molecule has 80 valence electrons. The van der Waals surface area contributed by atoms with E-state index in [0.717, 1.165) is 11.1 Å². The van der Waals surface area contributed by atoms with Gasteiger partial charge in [-0.2, -0.15) is 0 Å². The van der Waals surface area contributed by atoms with Crippen molar-refractivity contribution < 1.29 is 4.42 Å². The van der Waals surface area contributed by atoms with Gasteiger partial charge in [-0.3, -0.25) is 0 Å². The second kappa shape index (κ2) is 4.80. The van der Waals surface area contributed by atoms with Gasteiger partial charge in [-0.15, -0.1) is 11.3 Å². The van der Waals surface area contributed by atoms with Crippen molar-refractivity contribution in [3.8, 4) is 0 Å². The molecule has 0 N–H and O–H groups in total. The lowest BCUT2D eigenvalue weighted by atomic mass is 10.1. The predicted octanol–water partition coefficient (Wildman–Crippen LogP) is 5.89. The highest BCUT2D eigenvalue weighted by Gasteiger charge is 2.20. The first kappa shape index (κ1) is 12.0. The Hall–Kier alpha value is 0.520. The third-order valence-corrected chi connectivity index (χ3v) is 5.02. The van der Waals surface area contributed by atoms with Gasteiger partial charge in [0, 0.05) is 11.1 Å². The lowest BCUT2D eigenvalue weighted by Gasteiger charge is -2.06. The molecule has 15 heavy (non-hydrogen) atoms. The van der Waals surface area contributed by atoms with Crippen molar-refractivity contribution in [2.45, 2.75) is 4.83 Å². The smallest absolute Gasteiger partial charge is 0.173 e. The molecule has 0 saturated carbocycles. The zero-order valence-electron chi connectivity index (χ0n) is 7.14. The van der Waals surface area contributed by atoms with Gasteiger partial charge in [0.05, 0.1) is 19.8 Å². The fourth-order valence-electron chi connectivity index (χ4n) is 1.18. The van der Waals surface area contributed by atoms with Crippen molar-refractivity contribution in [2.75, 3.05) is 0 Å². The molecule has 0 radical (unpaired) electrons. The number of halogens is 4. The van der Waals surface area contributed by atoms with Crippen molar-refractivity contribution in [2.24, 2.45) is 0 Å². The first-order valence-corrected chi connectivity index (χ1v) is 7.19. The zero-order chi connectivity index (χ0) is 11.0. The number of furan rings is 1. The molecule has 0 amide bonds. The Labute approximate surface area is 118 Å². The molecule has 0 aliphatic heterocycles. The van der Waals surface area contributed by atoms with Gasteiger partial charge in [0.25, 0.3) is 0 Å². The Balaban J connectivity index is 2.40. The highest BCUT2D eigenvalue weighted by Crippen LogP contribution is 2.43. The lowest BCUT2D eigenvalue weighted by Crippen LogP contribution is -1.89. The maximum absolute atomic E-state index is 6.07. The molecule has 0 saturated heterocycles. The fourth-order valence-corrected chi connectivity index (χ4v) is 4.49. The van der Waals surface area contributed by atoms with Crippen LogP contribution in [-0.2, 0) is 0 Å². The number of alkyl halides is 1. The molecule has 0 bridgehead atoms. The average molecular weight is 391 g/mol. The summed E-state index contributed by atoms with van der Waals surface area (Å²) in [6, 6.07) is 3.73. The summed E-state index contributed by atoms with van der Waals surface area (Å²) in [7, 11) is 0. The SMILES string of the molecule is Clc1cc(C(Br)c2ccoc2Br)c(Cl)s1. The van der Waals surface area contributed by atoms with Gasteiger partial charge in [0.2, 0.25) is 0 Å². The third kappa shape index (κ3) is 2.44. The van der Waals surface area contributed by atoms with Crippen LogP contribution in [0.5, 0.6) is 0 Å². The van der Waals surface area contributed by atoms with E-state index < -0.39 is 0 Å². The van der Waals surface area contributed by atoms with E-state index in [4.69, 9.17) is 27.6 Å². The van der Waals surface area contributed by atoms with Gasteiger partial charge in [-0.05, 0) is 28.1 Å². The zero-order valence-corrected chi connectivity index (χ0v) is 12.6. The molecule has 2 rings (SSSR count). The molecule has 0 aliphatic rings. The number of hydrogen-bond donors (Lipinski definition) is 0. The Morgan fingerprint density at radius 1 is 1.33 bits per heavy atom. The Morgan fingerprint density at radius 2 is 2.07 bits per heavy atom. The standard InChI is InChI=1S/C9H4Br2Cl2OS/c10-7(4-1-2-14-8(4)11)5-3-6(12)15-9(5)13/h1-3,7H. The normalized spacial score (nSPS) is 13.1. The van der Waals surface area contributed by atoms with E-state index in [-0.39, 0.29) is 4.83 Å². The lowest BCUT2D eigenvalue weighted by molar-refractivity contribution is 0.537. The van der Waals surface area contributed by atoms with Gasteiger partial charge in [-0.25, -0.2) is 0 Å². The van der Waals surface area contributed by atoms with Crippen LogP contribution in [0.15, 0.2) is 27.5 Å². The van der Waals surface area contributed by atoms with Gasteiger partial charge < -0.3 is 4.42 Å². The molecule has 2 aromatic heterocycles. The summed E-state index contributed by atoms with van der Waals surface area (Å²) in [5.41, 5.74) is 1.94. The Bertz CT molecular complexity index is 480. The molecule has 1 nitrogen and oxygen atoms in total. The van der Waals surface area contributed by atoms with Crippen molar-refractivity contribution in [3.63, 3.8) is 0 Å². The van der Waals surface area contributed by atoms with E-state index in [2.05, 4.69) is 31.9 Å². The van der Waals surface area contributed by atoms with E-state index >= 15 is 0 Å².